The van der Waals surface area contributed by atoms with Crippen molar-refractivity contribution in [3.05, 3.63) is 125 Å². The molecule has 10 rings (SSSR count). The van der Waals surface area contributed by atoms with Gasteiger partial charge in [0.2, 0.25) is 24.4 Å². The van der Waals surface area contributed by atoms with Crippen LogP contribution in [0, 0.1) is 0 Å². The number of hydrogen-bond donors (Lipinski definition) is 8. The van der Waals surface area contributed by atoms with Gasteiger partial charge in [0.1, 0.15) is 48.1 Å². The Labute approximate surface area is 536 Å². The van der Waals surface area contributed by atoms with E-state index < -0.39 is 91.1 Å². The van der Waals surface area contributed by atoms with Crippen LogP contribution in [0.3, 0.4) is 0 Å². The average molecular weight is 1310 g/mol. The third kappa shape index (κ3) is 13.9. The summed E-state index contributed by atoms with van der Waals surface area (Å²) in [6.45, 7) is 0.431. The number of amides is 6. The van der Waals surface area contributed by atoms with E-state index in [0.717, 1.165) is 24.7 Å². The van der Waals surface area contributed by atoms with Gasteiger partial charge in [-0.3, -0.25) is 33.7 Å². The predicted octanol–water partition coefficient (Wildman–Crippen LogP) is 3.41. The van der Waals surface area contributed by atoms with Crippen molar-refractivity contribution in [3.8, 4) is 11.5 Å². The fourth-order valence-electron chi connectivity index (χ4n) is 11.9. The van der Waals surface area contributed by atoms with E-state index in [0.29, 0.717) is 68.9 Å². The number of carbonyl (C=O) groups is 8. The highest BCUT2D eigenvalue weighted by molar-refractivity contribution is 6.20. The van der Waals surface area contributed by atoms with Crippen molar-refractivity contribution in [2.75, 3.05) is 67.3 Å². The number of esters is 2. The lowest BCUT2D eigenvalue weighted by atomic mass is 9.95. The number of rotatable bonds is 22. The molecule has 2 fully saturated rings. The molecule has 12 atom stereocenters. The molecule has 8 N–H and O–H groups in total. The summed E-state index contributed by atoms with van der Waals surface area (Å²) >= 11 is 13.2. The molecular formula is C65H67Cl2N5O20. The van der Waals surface area contributed by atoms with Crippen LogP contribution >= 0.6 is 23.2 Å². The van der Waals surface area contributed by atoms with Gasteiger partial charge in [0.15, 0.2) is 12.2 Å². The van der Waals surface area contributed by atoms with Gasteiger partial charge in [-0.05, 0) is 64.1 Å². The topological polar surface area (TPSA) is 347 Å². The first-order chi connectivity index (χ1) is 44.2. The molecule has 25 nitrogen and oxygen atoms in total. The Bertz CT molecular complexity index is 3770. The molecule has 5 aromatic rings. The van der Waals surface area contributed by atoms with E-state index in [2.05, 4.69) is 10.6 Å². The van der Waals surface area contributed by atoms with Crippen molar-refractivity contribution in [2.24, 2.45) is 0 Å². The maximum Gasteiger partial charge on any atom is 0.337 e. The zero-order valence-corrected chi connectivity index (χ0v) is 51.2. The number of methoxy groups -OCH3 is 2. The summed E-state index contributed by atoms with van der Waals surface area (Å²) < 4.78 is 33.1. The average Bonchev–Trinajstić information content (AvgIpc) is 1.54. The highest BCUT2D eigenvalue weighted by atomic mass is 35.5. The van der Waals surface area contributed by atoms with Crippen LogP contribution in [-0.4, -0.2) is 196 Å². The summed E-state index contributed by atoms with van der Waals surface area (Å²) in [7, 11) is 2.13. The first-order valence-electron chi connectivity index (χ1n) is 29.6. The van der Waals surface area contributed by atoms with E-state index in [1.807, 2.05) is 0 Å². The number of anilines is 3. The number of hydrogen-bond acceptors (Lipinski definition) is 20. The van der Waals surface area contributed by atoms with E-state index in [1.165, 1.54) is 46.3 Å². The number of ether oxygens (including phenoxy) is 6. The molecule has 5 aliphatic heterocycles. The Balaban J connectivity index is 0.902. The minimum Gasteiger partial charge on any atom is -0.467 e. The van der Waals surface area contributed by atoms with E-state index in [4.69, 9.17) is 51.6 Å². The standard InChI is InChI=1S/C65H67Cl2N5O20/c1-87-62(85)60-56(81)54(79)58(83)64(91-60)89-44-27-42-52(39-12-7-5-10-37(39)44)35(29-66)31-71(42)50(77)19-16-33-15-17-34(41(26-33)69-47(74)23-24-68-46(73)14-4-3-9-25-70-48(75)21-22-49(70)76)18-20-51(78)72-32-36(30-67)53-40-13-8-6-11-38(40)45(28-43(53)72)90-65-59(84)55(80)57(82)61(92-65)63(86)88-2/h5-8,10-13,15-22,26-28,35-36,54-61,64-65,79-84H,3-4,9,14,23-25,29-32H2,1-2H3,(H,68,73)(H,69,74)/b19-16+,20-18+/t35-,36-,54+,55+,56+,57+,58-,59-,60+,61+,64-,65-/m1/s1. The molecular weight excluding hydrogens is 1240 g/mol. The number of carbonyl (C=O) groups excluding carboxylic acids is 8. The van der Waals surface area contributed by atoms with Crippen LogP contribution in [0.25, 0.3) is 33.7 Å². The van der Waals surface area contributed by atoms with Gasteiger partial charge < -0.3 is 79.5 Å². The number of unbranched alkanes of at least 4 members (excludes halogenated alkanes) is 2. The second-order valence-electron chi connectivity index (χ2n) is 22.5. The Morgan fingerprint density at radius 2 is 1.08 bits per heavy atom. The monoisotopic (exact) mass is 1310 g/mol. The van der Waals surface area contributed by atoms with E-state index in [9.17, 15) is 69.0 Å². The fourth-order valence-corrected chi connectivity index (χ4v) is 12.4. The molecule has 5 heterocycles. The number of fused-ring (bicyclic) bond motifs is 6. The van der Waals surface area contributed by atoms with Gasteiger partial charge in [-0.2, -0.15) is 0 Å². The Kier molecular flexibility index (Phi) is 21.0. The quantitative estimate of drug-likeness (QED) is 0.0162. The SMILES string of the molecule is COC(=O)[C@H]1O[C@@H](Oc2cc3c(c4ccccc24)[C@H](CCl)CN3C(=O)/C=C/c2ccc(/C=C/C(=O)N3C[C@@H](CCl)c4c3cc(O[C@@H]3O[C@H](C(=O)OC)[C@@H](O)[C@H](O)[C@H]3O)c3ccccc43)c(NC(=O)CCNC(=O)CCCCCN3C(=O)C=CC3=O)c2)[C@H](O)[C@@H](O)[C@@H]1O. The molecule has 27 heteroatoms. The van der Waals surface area contributed by atoms with Crippen LogP contribution in [0.1, 0.15) is 66.2 Å². The molecule has 0 unspecified atom stereocenters. The van der Waals surface area contributed by atoms with Crippen molar-refractivity contribution >= 4 is 121 Å². The van der Waals surface area contributed by atoms with Crippen molar-refractivity contribution in [3.63, 3.8) is 0 Å². The molecule has 92 heavy (non-hydrogen) atoms. The van der Waals surface area contributed by atoms with Crippen LogP contribution in [0.5, 0.6) is 11.5 Å². The molecule has 0 aliphatic carbocycles. The molecule has 0 aromatic heterocycles. The van der Waals surface area contributed by atoms with Gasteiger partial charge in [-0.15, -0.1) is 23.2 Å². The minimum absolute atomic E-state index is 0.0441. The summed E-state index contributed by atoms with van der Waals surface area (Å²) in [5.74, 6) is -5.03. The Hall–Kier alpha value is -8.34. The van der Waals surface area contributed by atoms with E-state index in [1.54, 1.807) is 78.9 Å². The summed E-state index contributed by atoms with van der Waals surface area (Å²) in [6.07, 6.45) is -8.34. The van der Waals surface area contributed by atoms with Crippen molar-refractivity contribution in [2.45, 2.75) is 105 Å². The summed E-state index contributed by atoms with van der Waals surface area (Å²) in [4.78, 5) is 109. The lowest BCUT2D eigenvalue weighted by Gasteiger charge is -2.39. The number of halogens is 2. The van der Waals surface area contributed by atoms with Crippen LogP contribution in [-0.2, 0) is 57.3 Å². The van der Waals surface area contributed by atoms with Gasteiger partial charge in [-0.1, -0.05) is 67.1 Å². The van der Waals surface area contributed by atoms with Gasteiger partial charge in [0.25, 0.3) is 23.6 Å². The molecule has 0 saturated carbocycles. The molecule has 0 spiro atoms. The third-order valence-electron chi connectivity index (χ3n) is 16.7. The molecule has 6 amide bonds. The molecule has 0 radical (unpaired) electrons. The first kappa shape index (κ1) is 66.6. The van der Waals surface area contributed by atoms with Gasteiger partial charge in [0, 0.05) is 116 Å². The van der Waals surface area contributed by atoms with Crippen molar-refractivity contribution in [1.29, 1.82) is 0 Å². The second-order valence-corrected chi connectivity index (χ2v) is 23.1. The fraction of sp³-hybridized carbons (Fsp3) is 0.385. The second kappa shape index (κ2) is 29.1. The zero-order chi connectivity index (χ0) is 65.7. The number of aliphatic hydroxyl groups excluding tert-OH is 6. The normalized spacial score (nSPS) is 25.2. The highest BCUT2D eigenvalue weighted by Gasteiger charge is 2.50. The molecule has 2 saturated heterocycles. The molecule has 5 aromatic carbocycles. The summed E-state index contributed by atoms with van der Waals surface area (Å²) in [6, 6.07) is 22.1. The van der Waals surface area contributed by atoms with Gasteiger partial charge >= 0.3 is 11.9 Å². The molecule has 0 bridgehead atoms. The molecule has 486 valence electrons. The maximum absolute atomic E-state index is 14.6. The number of aliphatic hydroxyl groups is 6. The zero-order valence-electron chi connectivity index (χ0n) is 49.7. The lowest BCUT2D eigenvalue weighted by molar-refractivity contribution is -0.271. The van der Waals surface area contributed by atoms with E-state index in [-0.39, 0.29) is 97.5 Å². The Morgan fingerprint density at radius 1 is 0.587 bits per heavy atom. The van der Waals surface area contributed by atoms with Crippen LogP contribution in [0.2, 0.25) is 0 Å². The number of imide groups is 1. The number of alkyl halides is 2. The maximum atomic E-state index is 14.6. The lowest BCUT2D eigenvalue weighted by Crippen LogP contribution is -2.61. The van der Waals surface area contributed by atoms with Crippen LogP contribution in [0.4, 0.5) is 17.1 Å². The summed E-state index contributed by atoms with van der Waals surface area (Å²) in [5, 5.41) is 72.4. The largest absolute Gasteiger partial charge is 0.467 e. The minimum atomic E-state index is -1.87. The molecule has 5 aliphatic rings. The Morgan fingerprint density at radius 3 is 1.57 bits per heavy atom. The first-order valence-corrected chi connectivity index (χ1v) is 30.7. The van der Waals surface area contributed by atoms with Crippen LogP contribution in [0.15, 0.2) is 103 Å². The number of nitrogens with one attached hydrogen (secondary N) is 2. The third-order valence-corrected chi connectivity index (χ3v) is 17.4. The summed E-state index contributed by atoms with van der Waals surface area (Å²) in [5.41, 5.74) is 3.17. The number of benzene rings is 5. The van der Waals surface area contributed by atoms with Crippen molar-refractivity contribution in [1.82, 2.24) is 10.2 Å². The number of nitrogens with zero attached hydrogens (tertiary/aromatic N) is 3. The van der Waals surface area contributed by atoms with Gasteiger partial charge in [0.05, 0.1) is 25.6 Å². The van der Waals surface area contributed by atoms with E-state index >= 15 is 0 Å². The van der Waals surface area contributed by atoms with Gasteiger partial charge in [-0.25, -0.2) is 9.59 Å². The van der Waals surface area contributed by atoms with Crippen molar-refractivity contribution < 1.29 is 97.4 Å². The predicted molar refractivity (Wildman–Crippen MR) is 333 cm³/mol. The van der Waals surface area contributed by atoms with Crippen LogP contribution < -0.4 is 29.9 Å². The highest BCUT2D eigenvalue weighted by Crippen LogP contribution is 2.48. The smallest absolute Gasteiger partial charge is 0.337 e.